The summed E-state index contributed by atoms with van der Waals surface area (Å²) in [4.78, 5) is 3.57. The Morgan fingerprint density at radius 3 is 2.84 bits per heavy atom. The molecule has 2 heterocycles. The molecule has 0 spiro atoms. The van der Waals surface area contributed by atoms with E-state index in [4.69, 9.17) is 5.73 Å². The Morgan fingerprint density at radius 1 is 1.21 bits per heavy atom. The molecule has 1 aromatic heterocycles. The Labute approximate surface area is 116 Å². The number of halogens is 1. The van der Waals surface area contributed by atoms with E-state index in [2.05, 4.69) is 22.4 Å². The Hall–Kier alpha value is -1.39. The first-order valence-corrected chi connectivity index (χ1v) is 7.40. The average molecular weight is 276 g/mol. The van der Waals surface area contributed by atoms with Crippen molar-refractivity contribution >= 4 is 17.0 Å². The van der Waals surface area contributed by atoms with Crippen LogP contribution in [0, 0.1) is 5.82 Å². The third kappa shape index (κ3) is 2.80. The maximum absolute atomic E-state index is 13.3. The van der Waals surface area contributed by atoms with Crippen molar-refractivity contribution in [2.24, 2.45) is 5.73 Å². The summed E-state index contributed by atoms with van der Waals surface area (Å²) in [6, 6.07) is 11.2. The fraction of sp³-hybridized carbons (Fsp3) is 0.333. The maximum Gasteiger partial charge on any atom is 0.125 e. The van der Waals surface area contributed by atoms with E-state index in [9.17, 15) is 4.39 Å². The molecule has 0 radical (unpaired) electrons. The number of thiophene rings is 1. The Morgan fingerprint density at radius 2 is 2.11 bits per heavy atom. The zero-order valence-electron chi connectivity index (χ0n) is 10.6. The lowest BCUT2D eigenvalue weighted by Crippen LogP contribution is -2.46. The molecular formula is C15H17FN2S. The number of nitrogens with zero attached hydrogens (tertiary/aromatic N) is 1. The molecule has 0 amide bonds. The van der Waals surface area contributed by atoms with Crippen LogP contribution in [-0.4, -0.2) is 19.1 Å². The summed E-state index contributed by atoms with van der Waals surface area (Å²) in [6.07, 6.45) is 1.01. The van der Waals surface area contributed by atoms with Crippen LogP contribution in [0.25, 0.3) is 0 Å². The normalized spacial score (nSPS) is 23.6. The highest BCUT2D eigenvalue weighted by atomic mass is 32.1. The summed E-state index contributed by atoms with van der Waals surface area (Å²) in [5.41, 5.74) is 7.09. The van der Waals surface area contributed by atoms with Gasteiger partial charge in [-0.2, -0.15) is 0 Å². The van der Waals surface area contributed by atoms with Crippen molar-refractivity contribution in [3.8, 4) is 0 Å². The lowest BCUT2D eigenvalue weighted by atomic mass is 9.93. The Balaban J connectivity index is 1.83. The van der Waals surface area contributed by atoms with Gasteiger partial charge in [0.25, 0.3) is 0 Å². The fourth-order valence-corrected chi connectivity index (χ4v) is 3.59. The quantitative estimate of drug-likeness (QED) is 0.912. The second-order valence-corrected chi connectivity index (χ2v) is 6.07. The van der Waals surface area contributed by atoms with Gasteiger partial charge in [0.1, 0.15) is 5.82 Å². The molecule has 2 atom stereocenters. The van der Waals surface area contributed by atoms with Crippen LogP contribution in [0.2, 0.25) is 0 Å². The molecule has 19 heavy (non-hydrogen) atoms. The molecule has 1 saturated heterocycles. The summed E-state index contributed by atoms with van der Waals surface area (Å²) in [7, 11) is 0. The molecule has 4 heteroatoms. The minimum absolute atomic E-state index is 0.143. The average Bonchev–Trinajstić information content (AvgIpc) is 2.92. The largest absolute Gasteiger partial charge is 0.369 e. The maximum atomic E-state index is 13.3. The second-order valence-electron chi connectivity index (χ2n) is 5.09. The van der Waals surface area contributed by atoms with Gasteiger partial charge in [-0.3, -0.25) is 0 Å². The molecule has 2 unspecified atom stereocenters. The molecule has 1 aliphatic rings. The summed E-state index contributed by atoms with van der Waals surface area (Å²) in [6.45, 7) is 1.71. The predicted octanol–water partition coefficient (Wildman–Crippen LogP) is 3.21. The molecule has 1 fully saturated rings. The van der Waals surface area contributed by atoms with Crippen LogP contribution in [0.5, 0.6) is 0 Å². The highest BCUT2D eigenvalue weighted by Crippen LogP contribution is 2.32. The van der Waals surface area contributed by atoms with Crippen LogP contribution in [0.15, 0.2) is 41.8 Å². The van der Waals surface area contributed by atoms with Gasteiger partial charge in [-0.1, -0.05) is 12.1 Å². The summed E-state index contributed by atoms with van der Waals surface area (Å²) in [5.74, 6) is 0.260. The number of hydrogen-bond donors (Lipinski definition) is 1. The van der Waals surface area contributed by atoms with Crippen molar-refractivity contribution in [1.82, 2.24) is 0 Å². The molecule has 100 valence electrons. The molecule has 0 bridgehead atoms. The van der Waals surface area contributed by atoms with Gasteiger partial charge in [0.2, 0.25) is 0 Å². The first-order valence-electron chi connectivity index (χ1n) is 6.52. The van der Waals surface area contributed by atoms with E-state index in [0.717, 1.165) is 25.2 Å². The summed E-state index contributed by atoms with van der Waals surface area (Å²) in [5, 5.41) is 2.10. The van der Waals surface area contributed by atoms with Crippen LogP contribution in [-0.2, 0) is 0 Å². The molecule has 2 N–H and O–H groups in total. The van der Waals surface area contributed by atoms with Gasteiger partial charge in [0, 0.05) is 35.6 Å². The zero-order valence-corrected chi connectivity index (χ0v) is 11.4. The van der Waals surface area contributed by atoms with Crippen molar-refractivity contribution in [3.63, 3.8) is 0 Å². The van der Waals surface area contributed by atoms with Crippen LogP contribution < -0.4 is 10.6 Å². The lowest BCUT2D eigenvalue weighted by Gasteiger charge is -2.37. The molecule has 2 aromatic rings. The molecule has 1 aromatic carbocycles. The molecule has 2 nitrogen and oxygen atoms in total. The van der Waals surface area contributed by atoms with Gasteiger partial charge < -0.3 is 10.6 Å². The third-order valence-corrected chi connectivity index (χ3v) is 4.64. The van der Waals surface area contributed by atoms with Crippen molar-refractivity contribution in [2.75, 3.05) is 18.0 Å². The minimum atomic E-state index is -0.190. The standard InChI is InChI=1S/C15H17FN2S/c16-12-3-1-4-14(8-12)18-9-11(7-13(17)10-18)15-5-2-6-19-15/h1-6,8,11,13H,7,9-10,17H2. The second kappa shape index (κ2) is 5.31. The van der Waals surface area contributed by atoms with Crippen LogP contribution in [0.4, 0.5) is 10.1 Å². The number of rotatable bonds is 2. The highest BCUT2D eigenvalue weighted by molar-refractivity contribution is 7.10. The van der Waals surface area contributed by atoms with Crippen molar-refractivity contribution < 1.29 is 4.39 Å². The number of benzene rings is 1. The van der Waals surface area contributed by atoms with Crippen LogP contribution in [0.3, 0.4) is 0 Å². The van der Waals surface area contributed by atoms with Gasteiger partial charge in [-0.05, 0) is 36.1 Å². The molecular weight excluding hydrogens is 259 g/mol. The van der Waals surface area contributed by atoms with Gasteiger partial charge in [-0.15, -0.1) is 11.3 Å². The van der Waals surface area contributed by atoms with E-state index in [1.54, 1.807) is 23.5 Å². The van der Waals surface area contributed by atoms with E-state index in [1.807, 2.05) is 6.07 Å². The number of anilines is 1. The minimum Gasteiger partial charge on any atom is -0.369 e. The summed E-state index contributed by atoms with van der Waals surface area (Å²) < 4.78 is 13.3. The highest BCUT2D eigenvalue weighted by Gasteiger charge is 2.27. The monoisotopic (exact) mass is 276 g/mol. The van der Waals surface area contributed by atoms with E-state index in [0.29, 0.717) is 5.92 Å². The van der Waals surface area contributed by atoms with E-state index < -0.39 is 0 Å². The molecule has 1 aliphatic heterocycles. The van der Waals surface area contributed by atoms with Gasteiger partial charge in [0.15, 0.2) is 0 Å². The first kappa shape index (κ1) is 12.6. The van der Waals surface area contributed by atoms with Gasteiger partial charge in [-0.25, -0.2) is 4.39 Å². The molecule has 0 saturated carbocycles. The number of nitrogens with two attached hydrogens (primary N) is 1. The fourth-order valence-electron chi connectivity index (χ4n) is 2.75. The number of piperidine rings is 1. The van der Waals surface area contributed by atoms with Gasteiger partial charge >= 0.3 is 0 Å². The van der Waals surface area contributed by atoms with E-state index in [-0.39, 0.29) is 11.9 Å². The Bertz CT molecular complexity index is 541. The predicted molar refractivity (Wildman–Crippen MR) is 78.3 cm³/mol. The zero-order chi connectivity index (χ0) is 13.2. The molecule has 3 rings (SSSR count). The Kier molecular flexibility index (Phi) is 3.53. The number of hydrogen-bond acceptors (Lipinski definition) is 3. The smallest absolute Gasteiger partial charge is 0.125 e. The van der Waals surface area contributed by atoms with Crippen molar-refractivity contribution in [1.29, 1.82) is 0 Å². The first-order chi connectivity index (χ1) is 9.22. The molecule has 0 aliphatic carbocycles. The van der Waals surface area contributed by atoms with Gasteiger partial charge in [0.05, 0.1) is 0 Å². The van der Waals surface area contributed by atoms with Crippen LogP contribution >= 0.6 is 11.3 Å². The topological polar surface area (TPSA) is 29.3 Å². The SMILES string of the molecule is NC1CC(c2cccs2)CN(c2cccc(F)c2)C1. The lowest BCUT2D eigenvalue weighted by molar-refractivity contribution is 0.457. The summed E-state index contributed by atoms with van der Waals surface area (Å²) >= 11 is 1.78. The van der Waals surface area contributed by atoms with E-state index >= 15 is 0 Å². The van der Waals surface area contributed by atoms with Crippen molar-refractivity contribution in [2.45, 2.75) is 18.4 Å². The van der Waals surface area contributed by atoms with Crippen LogP contribution in [0.1, 0.15) is 17.2 Å². The van der Waals surface area contributed by atoms with E-state index in [1.165, 1.54) is 10.9 Å². The third-order valence-electron chi connectivity index (χ3n) is 3.60. The van der Waals surface area contributed by atoms with Crippen molar-refractivity contribution in [3.05, 3.63) is 52.5 Å².